The Morgan fingerprint density at radius 2 is 2.06 bits per heavy atom. The molecule has 0 spiro atoms. The summed E-state index contributed by atoms with van der Waals surface area (Å²) in [6, 6.07) is 5.67. The van der Waals surface area contributed by atoms with Gasteiger partial charge in [0, 0.05) is 29.3 Å². The van der Waals surface area contributed by atoms with Gasteiger partial charge in [0.25, 0.3) is 0 Å². The van der Waals surface area contributed by atoms with E-state index in [0.717, 1.165) is 31.6 Å². The number of ether oxygens (including phenoxy) is 1. The minimum Gasteiger partial charge on any atom is -0.381 e. The van der Waals surface area contributed by atoms with E-state index < -0.39 is 0 Å². The Morgan fingerprint density at radius 3 is 2.67 bits per heavy atom. The summed E-state index contributed by atoms with van der Waals surface area (Å²) >= 11 is 12.4. The first-order valence-electron chi connectivity index (χ1n) is 6.35. The predicted molar refractivity (Wildman–Crippen MR) is 76.2 cm³/mol. The zero-order valence-electron chi connectivity index (χ0n) is 10.5. The molecule has 2 nitrogen and oxygen atoms in total. The van der Waals surface area contributed by atoms with Crippen LogP contribution in [0.3, 0.4) is 0 Å². The van der Waals surface area contributed by atoms with E-state index in [0.29, 0.717) is 21.9 Å². The molecule has 0 radical (unpaired) electrons. The molecule has 0 aromatic heterocycles. The Kier molecular flexibility index (Phi) is 4.91. The molecule has 0 saturated carbocycles. The molecule has 100 valence electrons. The molecule has 2 rings (SSSR count). The molecule has 1 saturated heterocycles. The fourth-order valence-electron chi connectivity index (χ4n) is 2.65. The Bertz CT molecular complexity index is 391. The fourth-order valence-corrected chi connectivity index (χ4v) is 3.20. The van der Waals surface area contributed by atoms with Crippen molar-refractivity contribution in [2.24, 2.45) is 17.6 Å². The molecular weight excluding hydrogens is 269 g/mol. The molecule has 0 bridgehead atoms. The SMILES string of the molecule is CC1COCCC1C(N)Cc1c(Cl)cccc1Cl. The van der Waals surface area contributed by atoms with Crippen LogP contribution in [0, 0.1) is 11.8 Å². The highest BCUT2D eigenvalue weighted by Crippen LogP contribution is 2.30. The highest BCUT2D eigenvalue weighted by Gasteiger charge is 2.28. The maximum atomic E-state index is 6.34. The lowest BCUT2D eigenvalue weighted by Gasteiger charge is -2.33. The van der Waals surface area contributed by atoms with E-state index in [9.17, 15) is 0 Å². The Morgan fingerprint density at radius 1 is 1.39 bits per heavy atom. The summed E-state index contributed by atoms with van der Waals surface area (Å²) < 4.78 is 5.45. The summed E-state index contributed by atoms with van der Waals surface area (Å²) in [7, 11) is 0. The van der Waals surface area contributed by atoms with Gasteiger partial charge in [0.1, 0.15) is 0 Å². The zero-order chi connectivity index (χ0) is 13.1. The highest BCUT2D eigenvalue weighted by molar-refractivity contribution is 6.35. The second-order valence-electron chi connectivity index (χ2n) is 5.07. The van der Waals surface area contributed by atoms with Gasteiger partial charge in [-0.2, -0.15) is 0 Å². The quantitative estimate of drug-likeness (QED) is 0.923. The average molecular weight is 288 g/mol. The number of hydrogen-bond acceptors (Lipinski definition) is 2. The first-order valence-corrected chi connectivity index (χ1v) is 7.11. The van der Waals surface area contributed by atoms with Gasteiger partial charge >= 0.3 is 0 Å². The second kappa shape index (κ2) is 6.25. The fraction of sp³-hybridized carbons (Fsp3) is 0.571. The van der Waals surface area contributed by atoms with E-state index in [1.807, 2.05) is 18.2 Å². The lowest BCUT2D eigenvalue weighted by molar-refractivity contribution is 0.0157. The van der Waals surface area contributed by atoms with Crippen LogP contribution in [-0.4, -0.2) is 19.3 Å². The van der Waals surface area contributed by atoms with Crippen LogP contribution in [0.5, 0.6) is 0 Å². The first-order chi connectivity index (χ1) is 8.59. The van der Waals surface area contributed by atoms with E-state index in [-0.39, 0.29) is 6.04 Å². The normalized spacial score (nSPS) is 26.0. The van der Waals surface area contributed by atoms with E-state index in [1.54, 1.807) is 0 Å². The van der Waals surface area contributed by atoms with Gasteiger partial charge in [-0.15, -0.1) is 0 Å². The largest absolute Gasteiger partial charge is 0.381 e. The summed E-state index contributed by atoms with van der Waals surface area (Å²) in [5.74, 6) is 0.973. The van der Waals surface area contributed by atoms with Crippen molar-refractivity contribution >= 4 is 23.2 Å². The molecule has 1 aliphatic heterocycles. The van der Waals surface area contributed by atoms with Crippen LogP contribution in [0.15, 0.2) is 18.2 Å². The smallest absolute Gasteiger partial charge is 0.0494 e. The number of benzene rings is 1. The minimum absolute atomic E-state index is 0.0845. The van der Waals surface area contributed by atoms with Gasteiger partial charge in [-0.05, 0) is 42.4 Å². The molecule has 0 aliphatic carbocycles. The van der Waals surface area contributed by atoms with Gasteiger partial charge in [-0.1, -0.05) is 36.2 Å². The lowest BCUT2D eigenvalue weighted by Crippen LogP contribution is -2.40. The maximum absolute atomic E-state index is 6.34. The molecule has 1 heterocycles. The van der Waals surface area contributed by atoms with Crippen LogP contribution in [0.2, 0.25) is 10.0 Å². The van der Waals surface area contributed by atoms with Gasteiger partial charge < -0.3 is 10.5 Å². The van der Waals surface area contributed by atoms with Crippen molar-refractivity contribution in [1.29, 1.82) is 0 Å². The molecule has 1 aromatic rings. The maximum Gasteiger partial charge on any atom is 0.0494 e. The Hall–Kier alpha value is -0.280. The summed E-state index contributed by atoms with van der Waals surface area (Å²) in [6.45, 7) is 3.80. The van der Waals surface area contributed by atoms with Crippen molar-refractivity contribution in [2.45, 2.75) is 25.8 Å². The number of rotatable bonds is 3. The van der Waals surface area contributed by atoms with E-state index in [4.69, 9.17) is 33.7 Å². The van der Waals surface area contributed by atoms with Crippen LogP contribution in [0.25, 0.3) is 0 Å². The van der Waals surface area contributed by atoms with Gasteiger partial charge in [-0.25, -0.2) is 0 Å². The van der Waals surface area contributed by atoms with Gasteiger partial charge in [0.15, 0.2) is 0 Å². The monoisotopic (exact) mass is 287 g/mol. The molecule has 0 amide bonds. The van der Waals surface area contributed by atoms with Crippen molar-refractivity contribution in [3.05, 3.63) is 33.8 Å². The molecular formula is C14H19Cl2NO. The van der Waals surface area contributed by atoms with Gasteiger partial charge in [0.05, 0.1) is 0 Å². The topological polar surface area (TPSA) is 35.2 Å². The third-order valence-electron chi connectivity index (χ3n) is 3.76. The third-order valence-corrected chi connectivity index (χ3v) is 4.47. The van der Waals surface area contributed by atoms with Crippen molar-refractivity contribution < 1.29 is 4.74 Å². The molecule has 4 heteroatoms. The van der Waals surface area contributed by atoms with E-state index >= 15 is 0 Å². The lowest BCUT2D eigenvalue weighted by atomic mass is 9.81. The van der Waals surface area contributed by atoms with Crippen LogP contribution >= 0.6 is 23.2 Å². The molecule has 2 N–H and O–H groups in total. The van der Waals surface area contributed by atoms with Crippen LogP contribution in [0.1, 0.15) is 18.9 Å². The third kappa shape index (κ3) is 3.18. The highest BCUT2D eigenvalue weighted by atomic mass is 35.5. The predicted octanol–water partition coefficient (Wildman–Crippen LogP) is 3.54. The van der Waals surface area contributed by atoms with Crippen LogP contribution < -0.4 is 5.73 Å². The summed E-state index contributed by atoms with van der Waals surface area (Å²) in [5.41, 5.74) is 7.30. The molecule has 1 aromatic carbocycles. The Balaban J connectivity index is 2.08. The van der Waals surface area contributed by atoms with Gasteiger partial charge in [-0.3, -0.25) is 0 Å². The number of nitrogens with two attached hydrogens (primary N) is 1. The van der Waals surface area contributed by atoms with Crippen molar-refractivity contribution in [1.82, 2.24) is 0 Å². The standard InChI is InChI=1S/C14H19Cl2NO/c1-9-8-18-6-5-10(9)14(17)7-11-12(15)3-2-4-13(11)16/h2-4,9-10,14H,5-8,17H2,1H3. The van der Waals surface area contributed by atoms with E-state index in [1.165, 1.54) is 0 Å². The zero-order valence-corrected chi connectivity index (χ0v) is 12.0. The van der Waals surface area contributed by atoms with Crippen LogP contribution in [0.4, 0.5) is 0 Å². The van der Waals surface area contributed by atoms with Crippen molar-refractivity contribution in [3.63, 3.8) is 0 Å². The minimum atomic E-state index is 0.0845. The second-order valence-corrected chi connectivity index (χ2v) is 5.89. The molecule has 1 fully saturated rings. The number of halogens is 2. The average Bonchev–Trinajstić information content (AvgIpc) is 2.34. The van der Waals surface area contributed by atoms with Crippen LogP contribution in [-0.2, 0) is 11.2 Å². The summed E-state index contributed by atoms with van der Waals surface area (Å²) in [6.07, 6.45) is 1.75. The van der Waals surface area contributed by atoms with Crippen molar-refractivity contribution in [2.75, 3.05) is 13.2 Å². The molecule has 3 unspecified atom stereocenters. The first kappa shape index (κ1) is 14.1. The number of hydrogen-bond donors (Lipinski definition) is 1. The molecule has 1 aliphatic rings. The van der Waals surface area contributed by atoms with Gasteiger partial charge in [0.2, 0.25) is 0 Å². The molecule has 3 atom stereocenters. The van der Waals surface area contributed by atoms with Crippen molar-refractivity contribution in [3.8, 4) is 0 Å². The Labute approximate surface area is 118 Å². The summed E-state index contributed by atoms with van der Waals surface area (Å²) in [4.78, 5) is 0. The molecule has 18 heavy (non-hydrogen) atoms. The summed E-state index contributed by atoms with van der Waals surface area (Å²) in [5, 5.41) is 1.41. The van der Waals surface area contributed by atoms with E-state index in [2.05, 4.69) is 6.92 Å².